The average Bonchev–Trinajstić information content (AvgIpc) is 3.17. The molecule has 0 saturated carbocycles. The molecule has 3 rings (SSSR count). The largest absolute Gasteiger partial charge is 0.477 e. The van der Waals surface area contributed by atoms with Gasteiger partial charge in [-0.25, -0.2) is 4.79 Å². The number of amides is 2. The number of carboxylic acid groups (broad SMARTS) is 1. The molecular formula is C31H54N2O24. The number of aliphatic carboxylic acids is 1. The molecule has 332 valence electrons. The van der Waals surface area contributed by atoms with Crippen LogP contribution in [-0.4, -0.2) is 249 Å². The first-order valence-corrected chi connectivity index (χ1v) is 17.6. The Bertz CT molecular complexity index is 1300. The van der Waals surface area contributed by atoms with E-state index in [2.05, 4.69) is 10.6 Å². The van der Waals surface area contributed by atoms with E-state index in [1.165, 1.54) is 0 Å². The van der Waals surface area contributed by atoms with Crippen molar-refractivity contribution >= 4 is 17.8 Å². The first kappa shape index (κ1) is 49.0. The Morgan fingerprint density at radius 3 is 1.82 bits per heavy atom. The number of carbonyl (C=O) groups excluding carboxylic acids is 2. The highest BCUT2D eigenvalue weighted by Crippen LogP contribution is 2.36. The van der Waals surface area contributed by atoms with Crippen LogP contribution in [0, 0.1) is 0 Å². The molecule has 20 atom stereocenters. The molecule has 2 amide bonds. The van der Waals surface area contributed by atoms with Crippen LogP contribution in [-0.2, 0) is 42.8 Å². The van der Waals surface area contributed by atoms with Crippen molar-refractivity contribution < 1.29 is 119 Å². The van der Waals surface area contributed by atoms with Crippen LogP contribution in [0.5, 0.6) is 0 Å². The maximum atomic E-state index is 12.7. The second-order valence-electron chi connectivity index (χ2n) is 13.8. The molecule has 0 bridgehead atoms. The van der Waals surface area contributed by atoms with Crippen LogP contribution in [0.2, 0.25) is 0 Å². The number of carboxylic acids is 1. The van der Waals surface area contributed by atoms with Gasteiger partial charge in [-0.2, -0.15) is 0 Å². The molecule has 3 saturated heterocycles. The van der Waals surface area contributed by atoms with Crippen LogP contribution in [0.1, 0.15) is 20.3 Å². The molecule has 17 N–H and O–H groups in total. The average molecular weight is 839 g/mol. The summed E-state index contributed by atoms with van der Waals surface area (Å²) in [5.74, 6) is -6.57. The third-order valence-electron chi connectivity index (χ3n) is 9.63. The lowest BCUT2D eigenvalue weighted by molar-refractivity contribution is -0.369. The predicted molar refractivity (Wildman–Crippen MR) is 176 cm³/mol. The van der Waals surface area contributed by atoms with E-state index in [0.29, 0.717) is 0 Å². The summed E-state index contributed by atoms with van der Waals surface area (Å²) in [5, 5.41) is 160. The van der Waals surface area contributed by atoms with Crippen LogP contribution in [0.4, 0.5) is 0 Å². The summed E-state index contributed by atoms with van der Waals surface area (Å²) in [7, 11) is 0. The molecule has 0 aromatic heterocycles. The zero-order valence-corrected chi connectivity index (χ0v) is 30.6. The first-order valence-electron chi connectivity index (χ1n) is 17.6. The summed E-state index contributed by atoms with van der Waals surface area (Å²) in [6, 6.07) is -3.25. The van der Waals surface area contributed by atoms with Crippen LogP contribution in [0.15, 0.2) is 0 Å². The van der Waals surface area contributed by atoms with E-state index < -0.39 is 179 Å². The summed E-state index contributed by atoms with van der Waals surface area (Å²) in [4.78, 5) is 36.6. The molecule has 57 heavy (non-hydrogen) atoms. The number of nitrogens with one attached hydrogen (secondary N) is 2. The second-order valence-corrected chi connectivity index (χ2v) is 13.8. The topological polar surface area (TPSA) is 434 Å². The van der Waals surface area contributed by atoms with Crippen molar-refractivity contribution in [2.24, 2.45) is 0 Å². The summed E-state index contributed by atoms with van der Waals surface area (Å²) < 4.78 is 33.6. The molecule has 0 radical (unpaired) electrons. The molecular weight excluding hydrogens is 784 g/mol. The van der Waals surface area contributed by atoms with Crippen molar-refractivity contribution in [3.05, 3.63) is 0 Å². The Hall–Kier alpha value is -2.39. The number of hydrogen-bond acceptors (Lipinski definition) is 23. The van der Waals surface area contributed by atoms with E-state index in [9.17, 15) is 91.0 Å². The predicted octanol–water partition coefficient (Wildman–Crippen LogP) is -10.6. The van der Waals surface area contributed by atoms with Gasteiger partial charge in [0, 0.05) is 20.3 Å². The van der Waals surface area contributed by atoms with Gasteiger partial charge in [0.2, 0.25) is 11.8 Å². The van der Waals surface area contributed by atoms with Gasteiger partial charge < -0.3 is 116 Å². The van der Waals surface area contributed by atoms with Gasteiger partial charge in [-0.1, -0.05) is 0 Å². The van der Waals surface area contributed by atoms with E-state index in [1.807, 2.05) is 0 Å². The highest BCUT2D eigenvalue weighted by molar-refractivity contribution is 5.76. The van der Waals surface area contributed by atoms with Crippen molar-refractivity contribution in [3.63, 3.8) is 0 Å². The molecule has 3 fully saturated rings. The van der Waals surface area contributed by atoms with E-state index in [4.69, 9.17) is 28.4 Å². The maximum Gasteiger partial charge on any atom is 0.364 e. The molecule has 0 aromatic carbocycles. The third-order valence-corrected chi connectivity index (χ3v) is 9.63. The highest BCUT2D eigenvalue weighted by Gasteiger charge is 2.58. The Kier molecular flexibility index (Phi) is 18.2. The zero-order valence-electron chi connectivity index (χ0n) is 30.6. The van der Waals surface area contributed by atoms with Gasteiger partial charge in [0.05, 0.1) is 45.2 Å². The molecule has 0 aromatic rings. The zero-order chi connectivity index (χ0) is 43.1. The quantitative estimate of drug-likeness (QED) is 0.0574. The minimum absolute atomic E-state index is 0.785. The summed E-state index contributed by atoms with van der Waals surface area (Å²) >= 11 is 0. The lowest BCUT2D eigenvalue weighted by Gasteiger charge is -2.49. The van der Waals surface area contributed by atoms with E-state index in [1.54, 1.807) is 0 Å². The van der Waals surface area contributed by atoms with Gasteiger partial charge in [0.1, 0.15) is 91.5 Å². The van der Waals surface area contributed by atoms with Gasteiger partial charge in [-0.3, -0.25) is 9.59 Å². The maximum absolute atomic E-state index is 12.7. The minimum Gasteiger partial charge on any atom is -0.477 e. The number of ether oxygens (including phenoxy) is 6. The van der Waals surface area contributed by atoms with Crippen LogP contribution in [0.25, 0.3) is 0 Å². The monoisotopic (exact) mass is 838 g/mol. The molecule has 0 spiro atoms. The van der Waals surface area contributed by atoms with Gasteiger partial charge in [-0.15, -0.1) is 0 Å². The minimum atomic E-state index is -3.00. The molecule has 0 aliphatic carbocycles. The van der Waals surface area contributed by atoms with Crippen LogP contribution >= 0.6 is 0 Å². The van der Waals surface area contributed by atoms with Crippen molar-refractivity contribution in [2.75, 3.05) is 33.0 Å². The van der Waals surface area contributed by atoms with Crippen LogP contribution < -0.4 is 10.6 Å². The summed E-state index contributed by atoms with van der Waals surface area (Å²) in [6.07, 6.45) is -35.4. The summed E-state index contributed by atoms with van der Waals surface area (Å²) in [5.41, 5.74) is 0. The van der Waals surface area contributed by atoms with E-state index in [0.717, 1.165) is 13.8 Å². The highest BCUT2D eigenvalue weighted by atomic mass is 16.8. The van der Waals surface area contributed by atoms with Crippen molar-refractivity contribution in [3.8, 4) is 0 Å². The Morgan fingerprint density at radius 2 is 1.30 bits per heavy atom. The van der Waals surface area contributed by atoms with E-state index >= 15 is 0 Å². The summed E-state index contributed by atoms with van der Waals surface area (Å²) in [6.45, 7) is -3.39. The Labute approximate surface area is 323 Å². The lowest BCUT2D eigenvalue weighted by atomic mass is 9.88. The smallest absolute Gasteiger partial charge is 0.364 e. The number of aliphatic hydroxyl groups is 14. The number of rotatable bonds is 19. The second kappa shape index (κ2) is 21.2. The van der Waals surface area contributed by atoms with Crippen molar-refractivity contribution in [2.45, 2.75) is 142 Å². The fourth-order valence-corrected chi connectivity index (χ4v) is 6.53. The van der Waals surface area contributed by atoms with Gasteiger partial charge in [0.25, 0.3) is 5.79 Å². The molecule has 3 aliphatic rings. The van der Waals surface area contributed by atoms with Gasteiger partial charge in [-0.05, 0) is 0 Å². The standard InChI is InChI=1S/C31H54N2O24/c1-9(38)32-17-11(40)3-31(30(50)51,57-26(17)20(45)13(42)5-35)52-8-16-22(47)27(56-28-18(33-10(2)39)23(48)21(46)15(7-37)53-28)24(49)29(54-16)55-25(14(43)6-36)19(44)12(41)4-34/h11-29,34-37,40-49H,3-8H2,1-2H3,(H,32,38)(H,33,39)(H,50,51)/t11-,12-,13+,14+,15+,16+,17+,18+,19+,20+,21+,22-,23+,24+,25+,26+,27-,28-,29-,31+/m0/s1. The normalized spacial score (nSPS) is 39.3. The van der Waals surface area contributed by atoms with Gasteiger partial charge >= 0.3 is 5.97 Å². The van der Waals surface area contributed by atoms with Crippen molar-refractivity contribution in [1.82, 2.24) is 10.6 Å². The molecule has 3 heterocycles. The third kappa shape index (κ3) is 11.5. The van der Waals surface area contributed by atoms with Crippen LogP contribution in [0.3, 0.4) is 0 Å². The SMILES string of the molecule is CC(=O)N[C@H]1[C@H](O[C@H]2[C@@H](O)[C@@H](CO[C@]3(C(=O)O)C[C@H](O)[C@@H](NC(C)=O)[C@H]([C@H](O)[C@H](O)CO)O3)O[C@@H](O[C@@H]([C@H](O)[C@@H](O)CO)[C@H](O)CO)[C@@H]2O)O[C@H](CO)[C@@H](O)[C@@H]1O. The number of hydrogen-bond donors (Lipinski definition) is 17. The fraction of sp³-hybridized carbons (Fsp3) is 0.903. The molecule has 0 unspecified atom stereocenters. The van der Waals surface area contributed by atoms with E-state index in [-0.39, 0.29) is 0 Å². The first-order chi connectivity index (χ1) is 26.7. The molecule has 26 nitrogen and oxygen atoms in total. The lowest BCUT2D eigenvalue weighted by Crippen LogP contribution is -2.69. The molecule has 3 aliphatic heterocycles. The Balaban J connectivity index is 2.05. The fourth-order valence-electron chi connectivity index (χ4n) is 6.53. The van der Waals surface area contributed by atoms with Gasteiger partial charge in [0.15, 0.2) is 12.6 Å². The molecule has 26 heteroatoms. The number of aliphatic hydroxyl groups excluding tert-OH is 14. The number of carbonyl (C=O) groups is 3. The Morgan fingerprint density at radius 1 is 0.737 bits per heavy atom. The van der Waals surface area contributed by atoms with Crippen molar-refractivity contribution in [1.29, 1.82) is 0 Å².